The monoisotopic (exact) mass is 415 g/mol. The fraction of sp³-hybridized carbons (Fsp3) is 0.316. The molecule has 152 valence electrons. The summed E-state index contributed by atoms with van der Waals surface area (Å²) in [5.41, 5.74) is 1.56. The Bertz CT molecular complexity index is 1130. The van der Waals surface area contributed by atoms with Crippen molar-refractivity contribution >= 4 is 26.8 Å². The summed E-state index contributed by atoms with van der Waals surface area (Å²) in [6.07, 6.45) is 2.03. The Morgan fingerprint density at radius 3 is 2.93 bits per heavy atom. The number of carbonyl (C=O) groups excluding carboxylic acids is 1. The van der Waals surface area contributed by atoms with Crippen molar-refractivity contribution in [2.45, 2.75) is 23.9 Å². The topological polar surface area (TPSA) is 115 Å². The molecule has 0 aliphatic carbocycles. The van der Waals surface area contributed by atoms with Gasteiger partial charge >= 0.3 is 0 Å². The molecule has 9 nitrogen and oxygen atoms in total. The molecular weight excluding hydrogens is 394 g/mol. The number of hydrogen-bond acceptors (Lipinski definition) is 6. The van der Waals surface area contributed by atoms with Gasteiger partial charge in [0.2, 0.25) is 10.0 Å². The number of nitrogens with one attached hydrogen (secondary N) is 2. The number of fused-ring (bicyclic) bond motifs is 2. The molecule has 4 rings (SSSR count). The van der Waals surface area contributed by atoms with Crippen molar-refractivity contribution in [2.24, 2.45) is 0 Å². The highest BCUT2D eigenvalue weighted by molar-refractivity contribution is 7.89. The van der Waals surface area contributed by atoms with Gasteiger partial charge in [-0.05, 0) is 18.2 Å². The van der Waals surface area contributed by atoms with Gasteiger partial charge < -0.3 is 10.1 Å². The van der Waals surface area contributed by atoms with E-state index in [1.54, 1.807) is 42.3 Å². The molecule has 0 saturated carbocycles. The number of sulfonamides is 1. The summed E-state index contributed by atoms with van der Waals surface area (Å²) >= 11 is 0. The van der Waals surface area contributed by atoms with E-state index in [2.05, 4.69) is 20.1 Å². The zero-order chi connectivity index (χ0) is 20.4. The third-order valence-corrected chi connectivity index (χ3v) is 6.30. The fourth-order valence-electron chi connectivity index (χ4n) is 3.43. The number of aromatic nitrogens is 3. The number of methoxy groups -OCH3 is 1. The summed E-state index contributed by atoms with van der Waals surface area (Å²) < 4.78 is 35.2. The van der Waals surface area contributed by atoms with Gasteiger partial charge in [0, 0.05) is 43.4 Å². The van der Waals surface area contributed by atoms with E-state index in [0.717, 1.165) is 11.1 Å². The molecular formula is C19H21N5O4S. The number of pyridine rings is 1. The van der Waals surface area contributed by atoms with Crippen LogP contribution >= 0.6 is 0 Å². The first-order chi connectivity index (χ1) is 14.0. The molecule has 1 aliphatic heterocycles. The van der Waals surface area contributed by atoms with E-state index in [1.807, 2.05) is 12.1 Å². The lowest BCUT2D eigenvalue weighted by molar-refractivity contribution is 0.0931. The highest BCUT2D eigenvalue weighted by atomic mass is 32.2. The largest absolute Gasteiger partial charge is 0.383 e. The van der Waals surface area contributed by atoms with E-state index in [-0.39, 0.29) is 16.8 Å². The maximum atomic E-state index is 12.9. The van der Waals surface area contributed by atoms with Crippen molar-refractivity contribution < 1.29 is 17.9 Å². The SMILES string of the molecule is COCCNC(=O)c1cc2n(n1)C[C@@H](NS(=O)(=O)c1cccc3cccnc13)C2. The van der Waals surface area contributed by atoms with Crippen molar-refractivity contribution in [2.75, 3.05) is 20.3 Å². The molecule has 0 saturated heterocycles. The second-order valence-corrected chi connectivity index (χ2v) is 8.49. The van der Waals surface area contributed by atoms with Crippen LogP contribution in [0.5, 0.6) is 0 Å². The van der Waals surface area contributed by atoms with Crippen LogP contribution in [0.3, 0.4) is 0 Å². The van der Waals surface area contributed by atoms with Crippen molar-refractivity contribution in [1.29, 1.82) is 0 Å². The lowest BCUT2D eigenvalue weighted by Gasteiger charge is -2.13. The second kappa shape index (κ2) is 7.90. The highest BCUT2D eigenvalue weighted by Crippen LogP contribution is 2.23. The minimum absolute atomic E-state index is 0.151. The first-order valence-electron chi connectivity index (χ1n) is 9.18. The molecule has 1 aromatic carbocycles. The highest BCUT2D eigenvalue weighted by Gasteiger charge is 2.30. The standard InChI is InChI=1S/C19H21N5O4S/c1-28-9-8-21-19(25)16-11-15-10-14(12-24(15)22-16)23-29(26,27)17-6-2-4-13-5-3-7-20-18(13)17/h2-7,11,14,23H,8-10,12H2,1H3,(H,21,25)/t14-/m0/s1. The van der Waals surface area contributed by atoms with E-state index in [1.165, 1.54) is 0 Å². The number of amides is 1. The van der Waals surface area contributed by atoms with Gasteiger partial charge in [-0.1, -0.05) is 18.2 Å². The lowest BCUT2D eigenvalue weighted by atomic mass is 10.2. The zero-order valence-electron chi connectivity index (χ0n) is 15.8. The first-order valence-corrected chi connectivity index (χ1v) is 10.7. The molecule has 29 heavy (non-hydrogen) atoms. The molecule has 0 fully saturated rings. The Kier molecular flexibility index (Phi) is 5.31. The third kappa shape index (κ3) is 4.00. The van der Waals surface area contributed by atoms with Crippen molar-refractivity contribution in [3.8, 4) is 0 Å². The number of hydrogen-bond donors (Lipinski definition) is 2. The number of carbonyl (C=O) groups is 1. The van der Waals surface area contributed by atoms with Gasteiger partial charge in [-0.15, -0.1) is 0 Å². The van der Waals surface area contributed by atoms with Gasteiger partial charge in [0.05, 0.1) is 18.7 Å². The summed E-state index contributed by atoms with van der Waals surface area (Å²) in [4.78, 5) is 16.5. The number of benzene rings is 1. The Labute approximate surface area is 168 Å². The van der Waals surface area contributed by atoms with E-state index in [0.29, 0.717) is 37.3 Å². The quantitative estimate of drug-likeness (QED) is 0.549. The molecule has 1 aliphatic rings. The van der Waals surface area contributed by atoms with Crippen LogP contribution in [0.25, 0.3) is 10.9 Å². The predicted molar refractivity (Wildman–Crippen MR) is 106 cm³/mol. The molecule has 10 heteroatoms. The minimum atomic E-state index is -3.75. The average molecular weight is 415 g/mol. The van der Waals surface area contributed by atoms with Crippen LogP contribution in [0, 0.1) is 0 Å². The van der Waals surface area contributed by atoms with Crippen LogP contribution in [0.15, 0.2) is 47.5 Å². The molecule has 0 unspecified atom stereocenters. The molecule has 2 N–H and O–H groups in total. The predicted octanol–water partition coefficient (Wildman–Crippen LogP) is 0.711. The molecule has 2 aromatic heterocycles. The van der Waals surface area contributed by atoms with E-state index in [9.17, 15) is 13.2 Å². The Morgan fingerprint density at radius 1 is 1.31 bits per heavy atom. The summed E-state index contributed by atoms with van der Waals surface area (Å²) in [6.45, 7) is 1.18. The molecule has 0 radical (unpaired) electrons. The van der Waals surface area contributed by atoms with Crippen LogP contribution < -0.4 is 10.0 Å². The van der Waals surface area contributed by atoms with E-state index in [4.69, 9.17) is 4.74 Å². The van der Waals surface area contributed by atoms with E-state index >= 15 is 0 Å². The van der Waals surface area contributed by atoms with Crippen LogP contribution in [-0.2, 0) is 27.7 Å². The molecule has 1 atom stereocenters. The average Bonchev–Trinajstić information content (AvgIpc) is 3.25. The summed E-state index contributed by atoms with van der Waals surface area (Å²) in [5, 5.41) is 7.77. The normalized spacial score (nSPS) is 16.1. The Balaban J connectivity index is 1.46. The molecule has 3 heterocycles. The van der Waals surface area contributed by atoms with Crippen molar-refractivity contribution in [3.63, 3.8) is 0 Å². The van der Waals surface area contributed by atoms with Gasteiger partial charge in [0.25, 0.3) is 5.91 Å². The molecule has 3 aromatic rings. The lowest BCUT2D eigenvalue weighted by Crippen LogP contribution is -2.36. The minimum Gasteiger partial charge on any atom is -0.383 e. The number of ether oxygens (including phenoxy) is 1. The van der Waals surface area contributed by atoms with E-state index < -0.39 is 10.0 Å². The van der Waals surface area contributed by atoms with Crippen LogP contribution in [-0.4, -0.2) is 55.4 Å². The van der Waals surface area contributed by atoms with Crippen LogP contribution in [0.2, 0.25) is 0 Å². The third-order valence-electron chi connectivity index (χ3n) is 4.74. The van der Waals surface area contributed by atoms with Crippen molar-refractivity contribution in [3.05, 3.63) is 54.0 Å². The maximum absolute atomic E-state index is 12.9. The van der Waals surface area contributed by atoms with Gasteiger partial charge in [0.1, 0.15) is 10.6 Å². The smallest absolute Gasteiger partial charge is 0.271 e. The Hall–Kier alpha value is -2.82. The Morgan fingerprint density at radius 2 is 2.14 bits per heavy atom. The van der Waals surface area contributed by atoms with Gasteiger partial charge in [-0.3, -0.25) is 14.5 Å². The fourth-order valence-corrected chi connectivity index (χ4v) is 4.83. The first kappa shape index (κ1) is 19.5. The van der Waals surface area contributed by atoms with Crippen LogP contribution in [0.1, 0.15) is 16.2 Å². The summed E-state index contributed by atoms with van der Waals surface area (Å²) in [7, 11) is -2.19. The number of rotatable bonds is 7. The summed E-state index contributed by atoms with van der Waals surface area (Å²) in [6, 6.07) is 10.0. The molecule has 0 bridgehead atoms. The summed E-state index contributed by atoms with van der Waals surface area (Å²) in [5.74, 6) is -0.275. The molecule has 0 spiro atoms. The van der Waals surface area contributed by atoms with Gasteiger partial charge in [-0.25, -0.2) is 13.1 Å². The zero-order valence-corrected chi connectivity index (χ0v) is 16.6. The molecule has 1 amide bonds. The van der Waals surface area contributed by atoms with Gasteiger partial charge in [-0.2, -0.15) is 5.10 Å². The maximum Gasteiger partial charge on any atom is 0.271 e. The van der Waals surface area contributed by atoms with Crippen molar-refractivity contribution in [1.82, 2.24) is 24.8 Å². The number of nitrogens with zero attached hydrogens (tertiary/aromatic N) is 3. The van der Waals surface area contributed by atoms with Gasteiger partial charge in [0.15, 0.2) is 0 Å². The second-order valence-electron chi connectivity index (χ2n) is 6.81. The van der Waals surface area contributed by atoms with Crippen LogP contribution in [0.4, 0.5) is 0 Å². The number of para-hydroxylation sites is 1.